The Hall–Kier alpha value is -1.07. The number of sulfone groups is 1. The number of anilines is 1. The number of nitrogens with one attached hydrogen (secondary N) is 1. The van der Waals surface area contributed by atoms with Crippen LogP contribution in [-0.2, 0) is 14.6 Å². The first-order valence-electron chi connectivity index (χ1n) is 5.10. The number of carbonyl (C=O) groups is 1. The second kappa shape index (κ2) is 5.51. The summed E-state index contributed by atoms with van der Waals surface area (Å²) in [5, 5.41) is 3.12. The van der Waals surface area contributed by atoms with Crippen molar-refractivity contribution in [1.29, 1.82) is 0 Å². The van der Waals surface area contributed by atoms with Gasteiger partial charge in [0.15, 0.2) is 9.84 Å². The van der Waals surface area contributed by atoms with E-state index in [2.05, 4.69) is 5.32 Å². The minimum absolute atomic E-state index is 0.0416. The minimum Gasteiger partial charge on any atom is -0.325 e. The van der Waals surface area contributed by atoms with Crippen LogP contribution in [0, 0.1) is 6.92 Å². The van der Waals surface area contributed by atoms with Gasteiger partial charge >= 0.3 is 0 Å². The fraction of sp³-hybridized carbons (Fsp3) is 0.364. The Morgan fingerprint density at radius 1 is 1.41 bits per heavy atom. The first-order valence-corrected chi connectivity index (χ1v) is 7.30. The van der Waals surface area contributed by atoms with Crippen LogP contribution in [0.2, 0.25) is 5.02 Å². The van der Waals surface area contributed by atoms with Crippen molar-refractivity contribution in [3.05, 3.63) is 28.8 Å². The summed E-state index contributed by atoms with van der Waals surface area (Å²) in [5.74, 6) is -1.07. The molecule has 0 radical (unpaired) electrons. The smallest absolute Gasteiger partial charge is 0.239 e. The van der Waals surface area contributed by atoms with Crippen molar-refractivity contribution < 1.29 is 13.2 Å². The Morgan fingerprint density at radius 2 is 2.06 bits per heavy atom. The highest BCUT2D eigenvalue weighted by atomic mass is 35.5. The average molecular weight is 276 g/mol. The molecule has 0 spiro atoms. The lowest BCUT2D eigenvalue weighted by Gasteiger charge is -2.08. The van der Waals surface area contributed by atoms with E-state index in [-0.39, 0.29) is 5.75 Å². The zero-order valence-electron chi connectivity index (χ0n) is 9.66. The zero-order valence-corrected chi connectivity index (χ0v) is 11.2. The zero-order chi connectivity index (χ0) is 13.1. The van der Waals surface area contributed by atoms with Crippen molar-refractivity contribution in [2.75, 3.05) is 16.8 Å². The van der Waals surface area contributed by atoms with Crippen molar-refractivity contribution >= 4 is 33.0 Å². The molecule has 17 heavy (non-hydrogen) atoms. The standard InChI is InChI=1S/C11H14ClNO3S/c1-3-17(15,16)7-11(14)13-10-5-4-9(12)6-8(10)2/h4-6H,3,7H2,1-2H3,(H,13,14). The summed E-state index contributed by atoms with van der Waals surface area (Å²) < 4.78 is 22.5. The van der Waals surface area contributed by atoms with Crippen LogP contribution in [0.4, 0.5) is 5.69 Å². The van der Waals surface area contributed by atoms with E-state index < -0.39 is 21.5 Å². The summed E-state index contributed by atoms with van der Waals surface area (Å²) in [7, 11) is -3.30. The third-order valence-electron chi connectivity index (χ3n) is 2.25. The molecule has 1 aromatic rings. The first-order chi connectivity index (χ1) is 7.84. The van der Waals surface area contributed by atoms with Crippen LogP contribution in [0.5, 0.6) is 0 Å². The molecular formula is C11H14ClNO3S. The number of carbonyl (C=O) groups excluding carboxylic acids is 1. The molecule has 1 aromatic carbocycles. The second-order valence-electron chi connectivity index (χ2n) is 3.68. The predicted octanol–water partition coefficient (Wildman–Crippen LogP) is 2.02. The van der Waals surface area contributed by atoms with Crippen molar-refractivity contribution in [1.82, 2.24) is 0 Å². The summed E-state index contributed by atoms with van der Waals surface area (Å²) in [6, 6.07) is 4.98. The molecule has 0 fully saturated rings. The molecule has 94 valence electrons. The monoisotopic (exact) mass is 275 g/mol. The molecule has 4 nitrogen and oxygen atoms in total. The van der Waals surface area contributed by atoms with Crippen LogP contribution < -0.4 is 5.32 Å². The highest BCUT2D eigenvalue weighted by molar-refractivity contribution is 7.92. The van der Waals surface area contributed by atoms with E-state index in [1.807, 2.05) is 0 Å². The molecule has 0 saturated heterocycles. The van der Waals surface area contributed by atoms with Gasteiger partial charge in [-0.2, -0.15) is 0 Å². The van der Waals surface area contributed by atoms with Gasteiger partial charge in [-0.05, 0) is 30.7 Å². The van der Waals surface area contributed by atoms with Gasteiger partial charge in [0, 0.05) is 16.5 Å². The van der Waals surface area contributed by atoms with Crippen molar-refractivity contribution in [3.63, 3.8) is 0 Å². The van der Waals surface area contributed by atoms with E-state index in [1.165, 1.54) is 6.92 Å². The third-order valence-corrected chi connectivity index (χ3v) is 4.07. The molecule has 0 heterocycles. The fourth-order valence-corrected chi connectivity index (χ4v) is 2.16. The van der Waals surface area contributed by atoms with Gasteiger partial charge in [-0.3, -0.25) is 4.79 Å². The van der Waals surface area contributed by atoms with Gasteiger partial charge in [-0.1, -0.05) is 18.5 Å². The Labute approximate surface area is 106 Å². The molecule has 6 heteroatoms. The summed E-state index contributed by atoms with van der Waals surface area (Å²) >= 11 is 5.77. The average Bonchev–Trinajstić information content (AvgIpc) is 2.21. The van der Waals surface area contributed by atoms with E-state index in [0.29, 0.717) is 10.7 Å². The second-order valence-corrected chi connectivity index (χ2v) is 6.47. The molecule has 0 aliphatic rings. The maximum absolute atomic E-state index is 11.5. The van der Waals surface area contributed by atoms with Crippen molar-refractivity contribution in [2.24, 2.45) is 0 Å². The summed E-state index contributed by atoms with van der Waals surface area (Å²) in [6.45, 7) is 3.30. The summed E-state index contributed by atoms with van der Waals surface area (Å²) in [4.78, 5) is 11.5. The maximum atomic E-state index is 11.5. The van der Waals surface area contributed by atoms with Crippen LogP contribution in [0.1, 0.15) is 12.5 Å². The van der Waals surface area contributed by atoms with Gasteiger partial charge in [-0.25, -0.2) is 8.42 Å². The Kier molecular flexibility index (Phi) is 4.54. The molecule has 1 amide bonds. The van der Waals surface area contributed by atoms with Gasteiger partial charge in [0.05, 0.1) is 0 Å². The van der Waals surface area contributed by atoms with E-state index >= 15 is 0 Å². The number of amides is 1. The molecule has 0 aliphatic heterocycles. The number of hydrogen-bond acceptors (Lipinski definition) is 3. The van der Waals surface area contributed by atoms with Crippen LogP contribution in [0.15, 0.2) is 18.2 Å². The molecule has 0 aliphatic carbocycles. The SMILES string of the molecule is CCS(=O)(=O)CC(=O)Nc1ccc(Cl)cc1C. The van der Waals surface area contributed by atoms with Crippen LogP contribution in [0.25, 0.3) is 0 Å². The Bertz CT molecular complexity index is 526. The first kappa shape index (κ1) is 14.0. The third kappa shape index (κ3) is 4.36. The fourth-order valence-electron chi connectivity index (χ4n) is 1.26. The minimum atomic E-state index is -3.30. The van der Waals surface area contributed by atoms with E-state index in [4.69, 9.17) is 11.6 Å². The maximum Gasteiger partial charge on any atom is 0.239 e. The van der Waals surface area contributed by atoms with E-state index in [1.54, 1.807) is 25.1 Å². The normalized spacial score (nSPS) is 11.2. The van der Waals surface area contributed by atoms with Crippen molar-refractivity contribution in [3.8, 4) is 0 Å². The topological polar surface area (TPSA) is 63.2 Å². The molecule has 0 unspecified atom stereocenters. The molecule has 1 rings (SSSR count). The number of rotatable bonds is 4. The van der Waals surface area contributed by atoms with Gasteiger partial charge in [0.2, 0.25) is 5.91 Å². The summed E-state index contributed by atoms with van der Waals surface area (Å²) in [5.41, 5.74) is 1.37. The highest BCUT2D eigenvalue weighted by Gasteiger charge is 2.14. The van der Waals surface area contributed by atoms with Crippen LogP contribution in [0.3, 0.4) is 0 Å². The largest absolute Gasteiger partial charge is 0.325 e. The van der Waals surface area contributed by atoms with Gasteiger partial charge in [-0.15, -0.1) is 0 Å². The molecule has 1 N–H and O–H groups in total. The number of aryl methyl sites for hydroxylation is 1. The van der Waals surface area contributed by atoms with Gasteiger partial charge in [0.1, 0.15) is 5.75 Å². The van der Waals surface area contributed by atoms with E-state index in [9.17, 15) is 13.2 Å². The van der Waals surface area contributed by atoms with Gasteiger partial charge < -0.3 is 5.32 Å². The number of benzene rings is 1. The Balaban J connectivity index is 2.75. The molecule has 0 bridgehead atoms. The van der Waals surface area contributed by atoms with E-state index in [0.717, 1.165) is 5.56 Å². The molecular weight excluding hydrogens is 262 g/mol. The summed E-state index contributed by atoms with van der Waals surface area (Å²) in [6.07, 6.45) is 0. The highest BCUT2D eigenvalue weighted by Crippen LogP contribution is 2.19. The Morgan fingerprint density at radius 3 is 2.59 bits per heavy atom. The lowest BCUT2D eigenvalue weighted by Crippen LogP contribution is -2.24. The van der Waals surface area contributed by atoms with Crippen LogP contribution in [-0.4, -0.2) is 25.8 Å². The molecule has 0 aromatic heterocycles. The van der Waals surface area contributed by atoms with Gasteiger partial charge in [0.25, 0.3) is 0 Å². The lowest BCUT2D eigenvalue weighted by atomic mass is 10.2. The number of halogens is 1. The van der Waals surface area contributed by atoms with Crippen LogP contribution >= 0.6 is 11.6 Å². The lowest BCUT2D eigenvalue weighted by molar-refractivity contribution is -0.113. The predicted molar refractivity (Wildman–Crippen MR) is 69.1 cm³/mol. The quantitative estimate of drug-likeness (QED) is 0.914. The van der Waals surface area contributed by atoms with Crippen molar-refractivity contribution in [2.45, 2.75) is 13.8 Å². The molecule has 0 saturated carbocycles. The molecule has 0 atom stereocenters. The number of hydrogen-bond donors (Lipinski definition) is 1.